The van der Waals surface area contributed by atoms with Gasteiger partial charge >= 0.3 is 0 Å². The van der Waals surface area contributed by atoms with Gasteiger partial charge in [-0.15, -0.1) is 22.7 Å². The van der Waals surface area contributed by atoms with Gasteiger partial charge in [0.15, 0.2) is 0 Å². The van der Waals surface area contributed by atoms with E-state index in [-0.39, 0.29) is 6.04 Å². The molecular formula is C16H19NO2S2. The summed E-state index contributed by atoms with van der Waals surface area (Å²) < 4.78 is 13.8. The second-order valence-electron chi connectivity index (χ2n) is 4.92. The monoisotopic (exact) mass is 321 g/mol. The highest BCUT2D eigenvalue weighted by molar-refractivity contribution is 7.27. The zero-order chi connectivity index (χ0) is 14.7. The maximum absolute atomic E-state index is 5.93. The van der Waals surface area contributed by atoms with Crippen molar-refractivity contribution >= 4 is 32.1 Å². The van der Waals surface area contributed by atoms with E-state index in [9.17, 15) is 0 Å². The maximum atomic E-state index is 5.93. The van der Waals surface area contributed by atoms with Crippen LogP contribution in [0.15, 0.2) is 34.1 Å². The third-order valence-corrected chi connectivity index (χ3v) is 5.45. The minimum atomic E-state index is 0.125. The molecule has 3 nitrogen and oxygen atoms in total. The Labute approximate surface area is 132 Å². The molecule has 3 aromatic heterocycles. The number of fused-ring (bicyclic) bond motifs is 1. The third kappa shape index (κ3) is 3.21. The minimum Gasteiger partial charge on any atom is -0.462 e. The Balaban J connectivity index is 1.90. The molecule has 0 spiro atoms. The summed E-state index contributed by atoms with van der Waals surface area (Å²) in [5.74, 6) is 1.83. The van der Waals surface area contributed by atoms with Crippen LogP contribution in [-0.4, -0.2) is 13.7 Å². The Morgan fingerprint density at radius 3 is 2.95 bits per heavy atom. The standard InChI is InChI=1S/C16H19NO2S2/c1-3-7-17-16(12-5-4-11(19-12)10-18-2)15-9-14-13(21-15)6-8-20-14/h4-6,8-9,16-17H,3,7,10H2,1-2H3. The first kappa shape index (κ1) is 14.8. The van der Waals surface area contributed by atoms with E-state index in [4.69, 9.17) is 9.15 Å². The second kappa shape index (κ2) is 6.75. The summed E-state index contributed by atoms with van der Waals surface area (Å²) in [6, 6.07) is 8.63. The van der Waals surface area contributed by atoms with Crippen molar-refractivity contribution < 1.29 is 9.15 Å². The molecule has 112 valence electrons. The van der Waals surface area contributed by atoms with Gasteiger partial charge in [0, 0.05) is 21.4 Å². The van der Waals surface area contributed by atoms with E-state index in [1.54, 1.807) is 18.4 Å². The van der Waals surface area contributed by atoms with Gasteiger partial charge in [-0.05, 0) is 42.6 Å². The van der Waals surface area contributed by atoms with E-state index >= 15 is 0 Å². The van der Waals surface area contributed by atoms with Crippen LogP contribution in [0.2, 0.25) is 0 Å². The average Bonchev–Trinajstić information content (AvgIpc) is 3.15. The third-order valence-electron chi connectivity index (χ3n) is 3.29. The zero-order valence-electron chi connectivity index (χ0n) is 12.2. The molecule has 0 aliphatic carbocycles. The van der Waals surface area contributed by atoms with E-state index in [0.717, 1.165) is 24.5 Å². The molecule has 3 heterocycles. The number of rotatable bonds is 7. The molecule has 0 amide bonds. The van der Waals surface area contributed by atoms with Gasteiger partial charge in [-0.25, -0.2) is 0 Å². The van der Waals surface area contributed by atoms with Crippen LogP contribution in [0, 0.1) is 0 Å². The van der Waals surface area contributed by atoms with Crippen LogP contribution >= 0.6 is 22.7 Å². The smallest absolute Gasteiger partial charge is 0.129 e. The van der Waals surface area contributed by atoms with Crippen molar-refractivity contribution in [2.45, 2.75) is 26.0 Å². The quantitative estimate of drug-likeness (QED) is 0.679. The van der Waals surface area contributed by atoms with Gasteiger partial charge in [-0.1, -0.05) is 6.92 Å². The largest absolute Gasteiger partial charge is 0.462 e. The number of nitrogens with one attached hydrogen (secondary N) is 1. The second-order valence-corrected chi connectivity index (χ2v) is 6.99. The number of hydrogen-bond donors (Lipinski definition) is 1. The molecule has 0 saturated carbocycles. The fraction of sp³-hybridized carbons (Fsp3) is 0.375. The first-order valence-electron chi connectivity index (χ1n) is 7.09. The molecule has 1 atom stereocenters. The zero-order valence-corrected chi connectivity index (χ0v) is 13.9. The molecule has 21 heavy (non-hydrogen) atoms. The molecule has 0 aromatic carbocycles. The highest BCUT2D eigenvalue weighted by atomic mass is 32.1. The first-order valence-corrected chi connectivity index (χ1v) is 8.79. The molecule has 0 saturated heterocycles. The molecule has 0 radical (unpaired) electrons. The maximum Gasteiger partial charge on any atom is 0.129 e. The molecule has 3 aromatic rings. The molecule has 0 aliphatic heterocycles. The summed E-state index contributed by atoms with van der Waals surface area (Å²) in [7, 11) is 1.68. The number of hydrogen-bond acceptors (Lipinski definition) is 5. The van der Waals surface area contributed by atoms with Gasteiger partial charge in [0.1, 0.15) is 24.2 Å². The van der Waals surface area contributed by atoms with Crippen molar-refractivity contribution in [3.63, 3.8) is 0 Å². The lowest BCUT2D eigenvalue weighted by Crippen LogP contribution is -2.21. The highest BCUT2D eigenvalue weighted by Gasteiger charge is 2.20. The van der Waals surface area contributed by atoms with Crippen LogP contribution in [-0.2, 0) is 11.3 Å². The van der Waals surface area contributed by atoms with E-state index in [0.29, 0.717) is 6.61 Å². The predicted molar refractivity (Wildman–Crippen MR) is 89.3 cm³/mol. The molecular weight excluding hydrogens is 302 g/mol. The van der Waals surface area contributed by atoms with Crippen LogP contribution in [0.25, 0.3) is 9.40 Å². The van der Waals surface area contributed by atoms with Crippen molar-refractivity contribution in [2.24, 2.45) is 0 Å². The summed E-state index contributed by atoms with van der Waals surface area (Å²) in [5.41, 5.74) is 0. The van der Waals surface area contributed by atoms with Crippen molar-refractivity contribution in [3.8, 4) is 0 Å². The number of ether oxygens (including phenoxy) is 1. The number of thiophene rings is 2. The Bertz CT molecular complexity index is 669. The average molecular weight is 321 g/mol. The van der Waals surface area contributed by atoms with Gasteiger partial charge in [-0.3, -0.25) is 0 Å². The van der Waals surface area contributed by atoms with Crippen molar-refractivity contribution in [1.82, 2.24) is 5.32 Å². The van der Waals surface area contributed by atoms with Gasteiger partial charge in [0.05, 0.1) is 0 Å². The fourth-order valence-electron chi connectivity index (χ4n) is 2.33. The molecule has 1 unspecified atom stereocenters. The summed E-state index contributed by atoms with van der Waals surface area (Å²) in [6.45, 7) is 3.66. The fourth-order valence-corrected chi connectivity index (χ4v) is 4.53. The van der Waals surface area contributed by atoms with E-state index < -0.39 is 0 Å². The SMILES string of the molecule is CCCNC(c1ccc(COC)o1)c1cc2sccc2s1. The number of furan rings is 1. The molecule has 0 bridgehead atoms. The van der Waals surface area contributed by atoms with Crippen molar-refractivity contribution in [1.29, 1.82) is 0 Å². The molecule has 5 heteroatoms. The first-order chi connectivity index (χ1) is 10.3. The molecule has 1 N–H and O–H groups in total. The summed E-state index contributed by atoms with van der Waals surface area (Å²) >= 11 is 3.63. The lowest BCUT2D eigenvalue weighted by molar-refractivity contribution is 0.162. The highest BCUT2D eigenvalue weighted by Crippen LogP contribution is 2.36. The summed E-state index contributed by atoms with van der Waals surface area (Å²) in [6.07, 6.45) is 1.10. The number of methoxy groups -OCH3 is 1. The van der Waals surface area contributed by atoms with E-state index in [1.165, 1.54) is 14.3 Å². The lowest BCUT2D eigenvalue weighted by atomic mass is 10.2. The molecule has 0 aliphatic rings. The normalized spacial score (nSPS) is 13.0. The van der Waals surface area contributed by atoms with Gasteiger partial charge in [0.25, 0.3) is 0 Å². The van der Waals surface area contributed by atoms with Crippen LogP contribution < -0.4 is 5.32 Å². The Morgan fingerprint density at radius 2 is 2.19 bits per heavy atom. The minimum absolute atomic E-state index is 0.125. The van der Waals surface area contributed by atoms with Crippen LogP contribution in [0.5, 0.6) is 0 Å². The molecule has 3 rings (SSSR count). The van der Waals surface area contributed by atoms with Gasteiger partial charge < -0.3 is 14.5 Å². The Morgan fingerprint density at radius 1 is 1.29 bits per heavy atom. The van der Waals surface area contributed by atoms with E-state index in [2.05, 4.69) is 35.8 Å². The van der Waals surface area contributed by atoms with Crippen molar-refractivity contribution in [2.75, 3.05) is 13.7 Å². The predicted octanol–water partition coefficient (Wildman–Crippen LogP) is 4.79. The van der Waals surface area contributed by atoms with E-state index in [1.807, 2.05) is 17.4 Å². The topological polar surface area (TPSA) is 34.4 Å². The molecule has 0 fully saturated rings. The lowest BCUT2D eigenvalue weighted by Gasteiger charge is -2.14. The Hall–Kier alpha value is -1.14. The van der Waals surface area contributed by atoms with Crippen LogP contribution in [0.1, 0.15) is 35.8 Å². The Kier molecular flexibility index (Phi) is 4.75. The van der Waals surface area contributed by atoms with Crippen LogP contribution in [0.4, 0.5) is 0 Å². The van der Waals surface area contributed by atoms with Gasteiger partial charge in [0.2, 0.25) is 0 Å². The van der Waals surface area contributed by atoms with Crippen LogP contribution in [0.3, 0.4) is 0 Å². The van der Waals surface area contributed by atoms with Gasteiger partial charge in [-0.2, -0.15) is 0 Å². The van der Waals surface area contributed by atoms with Crippen molar-refractivity contribution in [3.05, 3.63) is 46.0 Å². The summed E-state index contributed by atoms with van der Waals surface area (Å²) in [5, 5.41) is 5.73. The summed E-state index contributed by atoms with van der Waals surface area (Å²) in [4.78, 5) is 1.31.